The van der Waals surface area contributed by atoms with Gasteiger partial charge in [-0.25, -0.2) is 4.98 Å². The summed E-state index contributed by atoms with van der Waals surface area (Å²) >= 11 is 0. The van der Waals surface area contributed by atoms with Crippen LogP contribution in [0.15, 0.2) is 6.20 Å². The van der Waals surface area contributed by atoms with Crippen molar-refractivity contribution < 1.29 is 4.79 Å². The van der Waals surface area contributed by atoms with E-state index in [9.17, 15) is 4.79 Å². The van der Waals surface area contributed by atoms with Crippen LogP contribution in [0.25, 0.3) is 0 Å². The van der Waals surface area contributed by atoms with E-state index in [0.717, 1.165) is 6.54 Å². The van der Waals surface area contributed by atoms with Crippen LogP contribution in [0.1, 0.15) is 38.3 Å². The summed E-state index contributed by atoms with van der Waals surface area (Å²) < 4.78 is 1.75. The Morgan fingerprint density at radius 2 is 2.31 bits per heavy atom. The largest absolute Gasteiger partial charge is 0.363 e. The average molecular weight is 223 g/mol. The number of primary amides is 1. The number of nitrogens with one attached hydrogen (secondary N) is 1. The van der Waals surface area contributed by atoms with E-state index in [1.165, 1.54) is 0 Å². The van der Waals surface area contributed by atoms with Crippen LogP contribution < -0.4 is 11.1 Å². The second-order valence-corrected chi connectivity index (χ2v) is 4.78. The second-order valence-electron chi connectivity index (χ2n) is 4.78. The third kappa shape index (κ3) is 2.82. The van der Waals surface area contributed by atoms with Crippen LogP contribution in [-0.4, -0.2) is 28.0 Å². The number of rotatable bonds is 5. The Kier molecular flexibility index (Phi) is 3.70. The fraction of sp³-hybridized carbons (Fsp3) is 0.636. The molecular formula is C11H19N4O. The van der Waals surface area contributed by atoms with Gasteiger partial charge in [0, 0.05) is 18.8 Å². The molecule has 0 aliphatic carbocycles. The lowest BCUT2D eigenvalue weighted by Gasteiger charge is -2.29. The lowest BCUT2D eigenvalue weighted by atomic mass is 10.0. The molecule has 0 spiro atoms. The lowest BCUT2D eigenvalue weighted by molar-refractivity contribution is 0.0978. The molecule has 0 bridgehead atoms. The maximum absolute atomic E-state index is 11.2. The third-order valence-electron chi connectivity index (χ3n) is 2.40. The molecule has 0 fully saturated rings. The minimum atomic E-state index is -0.529. The van der Waals surface area contributed by atoms with Crippen LogP contribution >= 0.6 is 0 Å². The Labute approximate surface area is 96.0 Å². The first kappa shape index (κ1) is 12.7. The minimum absolute atomic E-state index is 0.246. The van der Waals surface area contributed by atoms with Gasteiger partial charge in [0.1, 0.15) is 6.20 Å². The number of hydrogen-bond acceptors (Lipinski definition) is 3. The van der Waals surface area contributed by atoms with Crippen LogP contribution in [0, 0.1) is 6.20 Å². The number of imidazole rings is 1. The topological polar surface area (TPSA) is 72.9 Å². The van der Waals surface area contributed by atoms with Crippen LogP contribution in [0.2, 0.25) is 0 Å². The molecule has 3 N–H and O–H groups in total. The Hall–Kier alpha value is -1.36. The SMILES string of the molecule is CC(C)NCC(C)(C)n1c[c]nc1C(N)=O. The molecule has 0 aromatic carbocycles. The maximum Gasteiger partial charge on any atom is 0.284 e. The summed E-state index contributed by atoms with van der Waals surface area (Å²) in [5.41, 5.74) is 4.99. The molecule has 1 rings (SSSR count). The Bertz CT molecular complexity index is 368. The van der Waals surface area contributed by atoms with E-state index < -0.39 is 5.91 Å². The highest BCUT2D eigenvalue weighted by atomic mass is 16.1. The monoisotopic (exact) mass is 223 g/mol. The second kappa shape index (κ2) is 4.65. The quantitative estimate of drug-likeness (QED) is 0.764. The van der Waals surface area contributed by atoms with Gasteiger partial charge in [-0.1, -0.05) is 13.8 Å². The number of amides is 1. The van der Waals surface area contributed by atoms with Crippen molar-refractivity contribution in [2.45, 2.75) is 39.3 Å². The first-order valence-corrected chi connectivity index (χ1v) is 5.33. The number of nitrogens with two attached hydrogens (primary N) is 1. The number of carbonyl (C=O) groups is 1. The fourth-order valence-corrected chi connectivity index (χ4v) is 1.44. The van der Waals surface area contributed by atoms with Crippen molar-refractivity contribution in [1.29, 1.82) is 0 Å². The fourth-order valence-electron chi connectivity index (χ4n) is 1.44. The van der Waals surface area contributed by atoms with Gasteiger partial charge in [0.2, 0.25) is 0 Å². The van der Waals surface area contributed by atoms with Crippen molar-refractivity contribution in [3.05, 3.63) is 18.2 Å². The van der Waals surface area contributed by atoms with Crippen molar-refractivity contribution in [3.8, 4) is 0 Å². The normalized spacial score (nSPS) is 12.1. The van der Waals surface area contributed by atoms with Gasteiger partial charge >= 0.3 is 0 Å². The van der Waals surface area contributed by atoms with Gasteiger partial charge in [0.25, 0.3) is 5.91 Å². The molecule has 5 nitrogen and oxygen atoms in total. The first-order valence-electron chi connectivity index (χ1n) is 5.33. The molecule has 89 valence electrons. The molecule has 0 unspecified atom stereocenters. The molecule has 1 amide bonds. The lowest BCUT2D eigenvalue weighted by Crippen LogP contribution is -2.42. The molecule has 0 saturated heterocycles. The Morgan fingerprint density at radius 3 is 2.81 bits per heavy atom. The zero-order valence-corrected chi connectivity index (χ0v) is 10.2. The predicted molar refractivity (Wildman–Crippen MR) is 62.0 cm³/mol. The molecule has 0 aliphatic heterocycles. The first-order chi connectivity index (χ1) is 7.34. The summed E-state index contributed by atoms with van der Waals surface area (Å²) in [4.78, 5) is 15.0. The van der Waals surface area contributed by atoms with Gasteiger partial charge in [-0.05, 0) is 13.8 Å². The zero-order valence-electron chi connectivity index (χ0n) is 10.2. The average Bonchev–Trinajstić information content (AvgIpc) is 2.63. The highest BCUT2D eigenvalue weighted by Gasteiger charge is 2.24. The number of hydrogen-bond donors (Lipinski definition) is 2. The van der Waals surface area contributed by atoms with Crippen LogP contribution in [0.4, 0.5) is 0 Å². The van der Waals surface area contributed by atoms with E-state index in [-0.39, 0.29) is 11.4 Å². The standard InChI is InChI=1S/C11H19N4O/c1-8(2)14-7-11(3,4)15-6-5-13-10(15)9(12)16/h6,8,14H,7H2,1-4H3,(H2,12,16). The summed E-state index contributed by atoms with van der Waals surface area (Å²) in [6.07, 6.45) is 4.31. The molecule has 0 saturated carbocycles. The highest BCUT2D eigenvalue weighted by molar-refractivity contribution is 5.89. The van der Waals surface area contributed by atoms with Crippen molar-refractivity contribution >= 4 is 5.91 Å². The molecule has 0 atom stereocenters. The van der Waals surface area contributed by atoms with E-state index in [1.54, 1.807) is 10.8 Å². The molecule has 1 heterocycles. The molecule has 1 aromatic rings. The number of nitrogens with zero attached hydrogens (tertiary/aromatic N) is 2. The van der Waals surface area contributed by atoms with Gasteiger partial charge in [0.05, 0.1) is 5.54 Å². The summed E-state index contributed by atoms with van der Waals surface area (Å²) in [7, 11) is 0. The highest BCUT2D eigenvalue weighted by Crippen LogP contribution is 2.16. The summed E-state index contributed by atoms with van der Waals surface area (Å²) in [5, 5.41) is 3.33. The molecule has 16 heavy (non-hydrogen) atoms. The van der Waals surface area contributed by atoms with Gasteiger partial charge in [-0.3, -0.25) is 4.79 Å². The van der Waals surface area contributed by atoms with E-state index >= 15 is 0 Å². The summed E-state index contributed by atoms with van der Waals surface area (Å²) in [5.74, 6) is -0.283. The van der Waals surface area contributed by atoms with Gasteiger partial charge in [-0.15, -0.1) is 0 Å². The van der Waals surface area contributed by atoms with Crippen molar-refractivity contribution in [3.63, 3.8) is 0 Å². The zero-order chi connectivity index (χ0) is 12.3. The maximum atomic E-state index is 11.2. The van der Waals surface area contributed by atoms with Crippen molar-refractivity contribution in [2.24, 2.45) is 5.73 Å². The van der Waals surface area contributed by atoms with Crippen LogP contribution in [0.3, 0.4) is 0 Å². The number of aromatic nitrogens is 2. The summed E-state index contributed by atoms with van der Waals surface area (Å²) in [6.45, 7) is 8.92. The molecule has 5 heteroatoms. The van der Waals surface area contributed by atoms with E-state index in [1.807, 2.05) is 13.8 Å². The van der Waals surface area contributed by atoms with Crippen LogP contribution in [0.5, 0.6) is 0 Å². The van der Waals surface area contributed by atoms with Crippen LogP contribution in [-0.2, 0) is 5.54 Å². The summed E-state index contributed by atoms with van der Waals surface area (Å²) in [6, 6.07) is 0.392. The minimum Gasteiger partial charge on any atom is -0.363 e. The predicted octanol–water partition coefficient (Wildman–Crippen LogP) is 0.515. The molecule has 1 aromatic heterocycles. The Morgan fingerprint density at radius 1 is 1.69 bits per heavy atom. The van der Waals surface area contributed by atoms with Gasteiger partial charge < -0.3 is 15.6 Å². The van der Waals surface area contributed by atoms with E-state index in [4.69, 9.17) is 5.73 Å². The molecule has 0 aliphatic rings. The van der Waals surface area contributed by atoms with Gasteiger partial charge in [0.15, 0.2) is 5.82 Å². The van der Waals surface area contributed by atoms with E-state index in [0.29, 0.717) is 6.04 Å². The van der Waals surface area contributed by atoms with Crippen molar-refractivity contribution in [2.75, 3.05) is 6.54 Å². The van der Waals surface area contributed by atoms with Crippen molar-refractivity contribution in [1.82, 2.24) is 14.9 Å². The molecular weight excluding hydrogens is 204 g/mol. The smallest absolute Gasteiger partial charge is 0.284 e. The number of carbonyl (C=O) groups excluding carboxylic acids is 1. The Balaban J connectivity index is 2.88. The van der Waals surface area contributed by atoms with Gasteiger partial charge in [-0.2, -0.15) is 0 Å². The third-order valence-corrected chi connectivity index (χ3v) is 2.40. The molecule has 1 radical (unpaired) electrons. The van der Waals surface area contributed by atoms with E-state index in [2.05, 4.69) is 30.3 Å².